The summed E-state index contributed by atoms with van der Waals surface area (Å²) >= 11 is 0. The standard InChI is InChI=1S/C14H28N4O2/c1-11(2)8-15-9-12-17-18-13(20-12)16-10-14(3,4)6-7-19-5/h11,15H,6-10H2,1-5H3,(H,16,18). The summed E-state index contributed by atoms with van der Waals surface area (Å²) < 4.78 is 10.6. The fourth-order valence-electron chi connectivity index (χ4n) is 1.65. The Morgan fingerprint density at radius 1 is 1.30 bits per heavy atom. The first-order valence-electron chi connectivity index (χ1n) is 7.19. The van der Waals surface area contributed by atoms with E-state index in [1.807, 2.05) is 0 Å². The molecule has 0 aliphatic carbocycles. The fourth-order valence-corrected chi connectivity index (χ4v) is 1.65. The van der Waals surface area contributed by atoms with Gasteiger partial charge in [0, 0.05) is 20.3 Å². The van der Waals surface area contributed by atoms with Crippen LogP contribution >= 0.6 is 0 Å². The molecule has 2 N–H and O–H groups in total. The molecule has 1 heterocycles. The van der Waals surface area contributed by atoms with Crippen molar-refractivity contribution in [2.24, 2.45) is 11.3 Å². The van der Waals surface area contributed by atoms with Crippen molar-refractivity contribution in [3.63, 3.8) is 0 Å². The van der Waals surface area contributed by atoms with Gasteiger partial charge < -0.3 is 19.8 Å². The van der Waals surface area contributed by atoms with E-state index in [1.54, 1.807) is 7.11 Å². The third-order valence-corrected chi connectivity index (χ3v) is 3.00. The number of ether oxygens (including phenoxy) is 1. The Balaban J connectivity index is 2.32. The number of rotatable bonds is 10. The summed E-state index contributed by atoms with van der Waals surface area (Å²) in [4.78, 5) is 0. The number of nitrogens with zero attached hydrogens (tertiary/aromatic N) is 2. The molecule has 0 bridgehead atoms. The summed E-state index contributed by atoms with van der Waals surface area (Å²) in [6.07, 6.45) is 0.980. The molecule has 0 saturated heterocycles. The Bertz CT molecular complexity index is 377. The van der Waals surface area contributed by atoms with E-state index >= 15 is 0 Å². The Kier molecular flexibility index (Phi) is 6.95. The zero-order valence-corrected chi connectivity index (χ0v) is 13.3. The normalized spacial score (nSPS) is 12.1. The molecular weight excluding hydrogens is 256 g/mol. The van der Waals surface area contributed by atoms with Crippen LogP contribution in [0.3, 0.4) is 0 Å². The summed E-state index contributed by atoms with van der Waals surface area (Å²) in [6.45, 7) is 11.8. The molecule has 0 amide bonds. The molecule has 1 rings (SSSR count). The first-order valence-corrected chi connectivity index (χ1v) is 7.19. The second kappa shape index (κ2) is 8.21. The molecule has 0 spiro atoms. The maximum absolute atomic E-state index is 5.54. The van der Waals surface area contributed by atoms with Gasteiger partial charge in [0.1, 0.15) is 0 Å². The minimum atomic E-state index is 0.126. The van der Waals surface area contributed by atoms with Gasteiger partial charge in [0.15, 0.2) is 0 Å². The zero-order valence-electron chi connectivity index (χ0n) is 13.3. The van der Waals surface area contributed by atoms with Crippen LogP contribution in [0.1, 0.15) is 40.0 Å². The van der Waals surface area contributed by atoms with Gasteiger partial charge in [-0.15, -0.1) is 5.10 Å². The van der Waals surface area contributed by atoms with Crippen molar-refractivity contribution in [3.8, 4) is 0 Å². The Morgan fingerprint density at radius 3 is 2.70 bits per heavy atom. The number of aromatic nitrogens is 2. The molecular formula is C14H28N4O2. The van der Waals surface area contributed by atoms with E-state index in [4.69, 9.17) is 9.15 Å². The maximum atomic E-state index is 5.54. The molecule has 1 aromatic heterocycles. The predicted octanol–water partition coefficient (Wildman–Crippen LogP) is 2.29. The van der Waals surface area contributed by atoms with E-state index in [2.05, 4.69) is 48.5 Å². The van der Waals surface area contributed by atoms with E-state index in [1.165, 1.54) is 0 Å². The van der Waals surface area contributed by atoms with Crippen molar-refractivity contribution in [1.82, 2.24) is 15.5 Å². The molecule has 1 aromatic rings. The lowest BCUT2D eigenvalue weighted by Gasteiger charge is -2.23. The molecule has 0 unspecified atom stereocenters. The van der Waals surface area contributed by atoms with Gasteiger partial charge in [-0.1, -0.05) is 32.8 Å². The van der Waals surface area contributed by atoms with E-state index in [-0.39, 0.29) is 5.41 Å². The van der Waals surface area contributed by atoms with Crippen LogP contribution in [0.5, 0.6) is 0 Å². The molecule has 0 fully saturated rings. The van der Waals surface area contributed by atoms with E-state index < -0.39 is 0 Å². The maximum Gasteiger partial charge on any atom is 0.315 e. The average molecular weight is 284 g/mol. The van der Waals surface area contributed by atoms with Crippen LogP contribution in [0.2, 0.25) is 0 Å². The minimum Gasteiger partial charge on any atom is -0.407 e. The number of nitrogens with one attached hydrogen (secondary N) is 2. The molecule has 0 aliphatic rings. The molecule has 6 heteroatoms. The SMILES string of the molecule is COCCC(C)(C)CNc1nnc(CNCC(C)C)o1. The molecule has 116 valence electrons. The molecule has 0 atom stereocenters. The third-order valence-electron chi connectivity index (χ3n) is 3.00. The van der Waals surface area contributed by atoms with Crippen LogP contribution in [0.15, 0.2) is 4.42 Å². The Labute approximate surface area is 121 Å². The van der Waals surface area contributed by atoms with Crippen LogP contribution in [-0.4, -0.2) is 37.0 Å². The lowest BCUT2D eigenvalue weighted by atomic mass is 9.90. The van der Waals surface area contributed by atoms with Crippen LogP contribution in [0, 0.1) is 11.3 Å². The van der Waals surface area contributed by atoms with Crippen LogP contribution < -0.4 is 10.6 Å². The molecule has 20 heavy (non-hydrogen) atoms. The van der Waals surface area contributed by atoms with Gasteiger partial charge in [-0.25, -0.2) is 0 Å². The van der Waals surface area contributed by atoms with Crippen molar-refractivity contribution in [2.75, 3.05) is 32.1 Å². The minimum absolute atomic E-state index is 0.126. The predicted molar refractivity (Wildman–Crippen MR) is 79.6 cm³/mol. The van der Waals surface area contributed by atoms with E-state index in [0.717, 1.165) is 26.1 Å². The van der Waals surface area contributed by atoms with Crippen molar-refractivity contribution in [2.45, 2.75) is 40.7 Å². The summed E-state index contributed by atoms with van der Waals surface area (Å²) in [5.41, 5.74) is 0.126. The molecule has 6 nitrogen and oxygen atoms in total. The summed E-state index contributed by atoms with van der Waals surface area (Å²) in [5.74, 6) is 1.22. The van der Waals surface area contributed by atoms with Crippen molar-refractivity contribution < 1.29 is 9.15 Å². The van der Waals surface area contributed by atoms with Gasteiger partial charge >= 0.3 is 6.01 Å². The molecule has 0 aromatic carbocycles. The molecule has 0 saturated carbocycles. The van der Waals surface area contributed by atoms with Gasteiger partial charge in [-0.05, 0) is 24.3 Å². The topological polar surface area (TPSA) is 72.2 Å². The fraction of sp³-hybridized carbons (Fsp3) is 0.857. The first kappa shape index (κ1) is 16.9. The number of hydrogen-bond acceptors (Lipinski definition) is 6. The van der Waals surface area contributed by atoms with Gasteiger partial charge in [-0.3, -0.25) is 0 Å². The van der Waals surface area contributed by atoms with Crippen LogP contribution in [0.4, 0.5) is 6.01 Å². The second-order valence-corrected chi connectivity index (χ2v) is 6.29. The largest absolute Gasteiger partial charge is 0.407 e. The summed E-state index contributed by atoms with van der Waals surface area (Å²) in [6, 6.07) is 0.483. The lowest BCUT2D eigenvalue weighted by Crippen LogP contribution is -2.24. The third kappa shape index (κ3) is 6.86. The van der Waals surface area contributed by atoms with Gasteiger partial charge in [0.05, 0.1) is 6.54 Å². The summed E-state index contributed by atoms with van der Waals surface area (Å²) in [7, 11) is 1.72. The Hall–Kier alpha value is -1.14. The molecule has 0 aliphatic heterocycles. The quantitative estimate of drug-likeness (QED) is 0.687. The Morgan fingerprint density at radius 2 is 2.05 bits per heavy atom. The number of methoxy groups -OCH3 is 1. The highest BCUT2D eigenvalue weighted by Gasteiger charge is 2.18. The number of anilines is 1. The highest BCUT2D eigenvalue weighted by molar-refractivity contribution is 5.17. The van der Waals surface area contributed by atoms with Crippen molar-refractivity contribution in [3.05, 3.63) is 5.89 Å². The highest BCUT2D eigenvalue weighted by atomic mass is 16.5. The second-order valence-electron chi connectivity index (χ2n) is 6.29. The first-order chi connectivity index (χ1) is 9.43. The van der Waals surface area contributed by atoms with Crippen molar-refractivity contribution in [1.29, 1.82) is 0 Å². The lowest BCUT2D eigenvalue weighted by molar-refractivity contribution is 0.156. The zero-order chi connectivity index (χ0) is 15.0. The number of hydrogen-bond donors (Lipinski definition) is 2. The van der Waals surface area contributed by atoms with Gasteiger partial charge in [0.25, 0.3) is 0 Å². The monoisotopic (exact) mass is 284 g/mol. The van der Waals surface area contributed by atoms with E-state index in [0.29, 0.717) is 24.4 Å². The highest BCUT2D eigenvalue weighted by Crippen LogP contribution is 2.20. The molecule has 0 radical (unpaired) electrons. The van der Waals surface area contributed by atoms with Gasteiger partial charge in [0.2, 0.25) is 5.89 Å². The smallest absolute Gasteiger partial charge is 0.315 e. The van der Waals surface area contributed by atoms with Crippen molar-refractivity contribution >= 4 is 6.01 Å². The average Bonchev–Trinajstić information content (AvgIpc) is 2.82. The van der Waals surface area contributed by atoms with E-state index in [9.17, 15) is 0 Å². The van der Waals surface area contributed by atoms with Crippen LogP contribution in [-0.2, 0) is 11.3 Å². The van der Waals surface area contributed by atoms with Crippen LogP contribution in [0.25, 0.3) is 0 Å². The summed E-state index contributed by atoms with van der Waals surface area (Å²) in [5, 5.41) is 14.5. The van der Waals surface area contributed by atoms with Gasteiger partial charge in [-0.2, -0.15) is 0 Å².